The topological polar surface area (TPSA) is 45.7 Å². The first-order chi connectivity index (χ1) is 12.4. The lowest BCUT2D eigenvalue weighted by molar-refractivity contribution is -0.137. The van der Waals surface area contributed by atoms with Gasteiger partial charge in [0.2, 0.25) is 0 Å². The van der Waals surface area contributed by atoms with Crippen molar-refractivity contribution in [3.05, 3.63) is 70.8 Å². The molecule has 0 aromatic heterocycles. The number of alkyl halides is 3. The van der Waals surface area contributed by atoms with Gasteiger partial charge < -0.3 is 15.4 Å². The standard InChI is InChI=1S/C19H22F3N3O/c1-23-18(25-12-15-4-3-5-16(10-15)13-26-2)24-11-14-6-8-17(9-7-14)19(20,21)22/h3-10H,11-13H2,1-2H3,(H2,23,24,25). The Bertz CT molecular complexity index is 728. The molecule has 0 unspecified atom stereocenters. The summed E-state index contributed by atoms with van der Waals surface area (Å²) in [7, 11) is 3.29. The van der Waals surface area contributed by atoms with E-state index in [1.165, 1.54) is 12.1 Å². The SMILES string of the molecule is CN=C(NCc1ccc(C(F)(F)F)cc1)NCc1cccc(COC)c1. The zero-order valence-corrected chi connectivity index (χ0v) is 14.7. The monoisotopic (exact) mass is 365 g/mol. The Morgan fingerprint density at radius 2 is 1.58 bits per heavy atom. The molecule has 0 saturated heterocycles. The number of benzene rings is 2. The molecule has 0 bridgehead atoms. The van der Waals surface area contributed by atoms with Crippen LogP contribution in [0.1, 0.15) is 22.3 Å². The third-order valence-corrected chi connectivity index (χ3v) is 3.73. The molecule has 7 heteroatoms. The second kappa shape index (κ2) is 9.24. The molecule has 4 nitrogen and oxygen atoms in total. The first-order valence-electron chi connectivity index (χ1n) is 8.10. The van der Waals surface area contributed by atoms with E-state index < -0.39 is 11.7 Å². The number of hydrogen-bond donors (Lipinski definition) is 2. The van der Waals surface area contributed by atoms with Crippen molar-refractivity contribution in [1.29, 1.82) is 0 Å². The maximum absolute atomic E-state index is 12.6. The fourth-order valence-corrected chi connectivity index (χ4v) is 2.40. The normalized spacial score (nSPS) is 12.1. The number of aliphatic imine (C=N–C) groups is 1. The third-order valence-electron chi connectivity index (χ3n) is 3.73. The van der Waals surface area contributed by atoms with E-state index in [4.69, 9.17) is 4.74 Å². The first kappa shape index (κ1) is 19.8. The fourth-order valence-electron chi connectivity index (χ4n) is 2.40. The second-order valence-electron chi connectivity index (χ2n) is 5.73. The molecule has 0 atom stereocenters. The van der Waals surface area contributed by atoms with Crippen LogP contribution in [-0.4, -0.2) is 20.1 Å². The van der Waals surface area contributed by atoms with Crippen LogP contribution in [0.2, 0.25) is 0 Å². The van der Waals surface area contributed by atoms with Gasteiger partial charge in [-0.2, -0.15) is 13.2 Å². The number of nitrogens with zero attached hydrogens (tertiary/aromatic N) is 1. The minimum absolute atomic E-state index is 0.377. The molecule has 2 aromatic rings. The molecule has 2 aromatic carbocycles. The number of halogens is 3. The van der Waals surface area contributed by atoms with E-state index in [9.17, 15) is 13.2 Å². The molecule has 2 N–H and O–H groups in total. The number of guanidine groups is 1. The van der Waals surface area contributed by atoms with Crippen LogP contribution in [0.25, 0.3) is 0 Å². The van der Waals surface area contributed by atoms with Gasteiger partial charge in [-0.25, -0.2) is 0 Å². The van der Waals surface area contributed by atoms with E-state index >= 15 is 0 Å². The molecule has 0 aliphatic rings. The molecule has 0 heterocycles. The Morgan fingerprint density at radius 3 is 2.15 bits per heavy atom. The van der Waals surface area contributed by atoms with Crippen LogP contribution in [0.3, 0.4) is 0 Å². The van der Waals surface area contributed by atoms with Crippen molar-refractivity contribution in [2.75, 3.05) is 14.2 Å². The van der Waals surface area contributed by atoms with Crippen LogP contribution in [0.15, 0.2) is 53.5 Å². The Kier molecular flexibility index (Phi) is 7.03. The van der Waals surface area contributed by atoms with E-state index in [2.05, 4.69) is 15.6 Å². The molecular weight excluding hydrogens is 343 g/mol. The average Bonchev–Trinajstić information content (AvgIpc) is 2.62. The van der Waals surface area contributed by atoms with Gasteiger partial charge in [-0.3, -0.25) is 4.99 Å². The van der Waals surface area contributed by atoms with Crippen LogP contribution >= 0.6 is 0 Å². The van der Waals surface area contributed by atoms with Crippen molar-refractivity contribution in [2.24, 2.45) is 4.99 Å². The highest BCUT2D eigenvalue weighted by Crippen LogP contribution is 2.29. The summed E-state index contributed by atoms with van der Waals surface area (Å²) in [5.74, 6) is 0.571. The van der Waals surface area contributed by atoms with Gasteiger partial charge in [-0.15, -0.1) is 0 Å². The summed E-state index contributed by atoms with van der Waals surface area (Å²) in [6.45, 7) is 1.50. The lowest BCUT2D eigenvalue weighted by Crippen LogP contribution is -2.36. The number of rotatable bonds is 6. The Morgan fingerprint density at radius 1 is 0.962 bits per heavy atom. The van der Waals surface area contributed by atoms with Crippen LogP contribution in [-0.2, 0) is 30.6 Å². The Balaban J connectivity index is 1.87. The van der Waals surface area contributed by atoms with Crippen LogP contribution in [0, 0.1) is 0 Å². The highest BCUT2D eigenvalue weighted by atomic mass is 19.4. The van der Waals surface area contributed by atoms with E-state index in [0.717, 1.165) is 28.8 Å². The fraction of sp³-hybridized carbons (Fsp3) is 0.316. The largest absolute Gasteiger partial charge is 0.416 e. The van der Waals surface area contributed by atoms with Crippen LogP contribution < -0.4 is 10.6 Å². The number of methoxy groups -OCH3 is 1. The smallest absolute Gasteiger partial charge is 0.380 e. The molecule has 26 heavy (non-hydrogen) atoms. The van der Waals surface area contributed by atoms with Gasteiger partial charge in [0.05, 0.1) is 12.2 Å². The number of hydrogen-bond acceptors (Lipinski definition) is 2. The third kappa shape index (κ3) is 6.07. The van der Waals surface area contributed by atoms with Crippen LogP contribution in [0.5, 0.6) is 0 Å². The van der Waals surface area contributed by atoms with Gasteiger partial charge in [0.15, 0.2) is 5.96 Å². The molecule has 0 amide bonds. The summed E-state index contributed by atoms with van der Waals surface area (Å²) in [6, 6.07) is 13.1. The molecule has 140 valence electrons. The van der Waals surface area contributed by atoms with Crippen molar-refractivity contribution in [3.63, 3.8) is 0 Å². The van der Waals surface area contributed by atoms with E-state index in [1.807, 2.05) is 24.3 Å². The van der Waals surface area contributed by atoms with E-state index in [1.54, 1.807) is 14.2 Å². The molecule has 0 spiro atoms. The van der Waals surface area contributed by atoms with Crippen molar-refractivity contribution in [1.82, 2.24) is 10.6 Å². The van der Waals surface area contributed by atoms with Gasteiger partial charge in [-0.1, -0.05) is 36.4 Å². The second-order valence-corrected chi connectivity index (χ2v) is 5.73. The number of nitrogens with one attached hydrogen (secondary N) is 2. The predicted octanol–water partition coefficient (Wildman–Crippen LogP) is 3.72. The van der Waals surface area contributed by atoms with E-state index in [0.29, 0.717) is 25.7 Å². The molecule has 2 rings (SSSR count). The molecule has 0 saturated carbocycles. The summed E-state index contributed by atoms with van der Waals surface area (Å²) in [6.07, 6.45) is -4.32. The predicted molar refractivity (Wildman–Crippen MR) is 95.6 cm³/mol. The summed E-state index contributed by atoms with van der Waals surface area (Å²) >= 11 is 0. The van der Waals surface area contributed by atoms with Crippen LogP contribution in [0.4, 0.5) is 13.2 Å². The average molecular weight is 365 g/mol. The zero-order valence-electron chi connectivity index (χ0n) is 14.7. The van der Waals surface area contributed by atoms with Crippen molar-refractivity contribution < 1.29 is 17.9 Å². The van der Waals surface area contributed by atoms with E-state index in [-0.39, 0.29) is 0 Å². The minimum Gasteiger partial charge on any atom is -0.380 e. The first-order valence-corrected chi connectivity index (χ1v) is 8.10. The highest BCUT2D eigenvalue weighted by molar-refractivity contribution is 5.79. The summed E-state index contributed by atoms with van der Waals surface area (Å²) in [5, 5.41) is 6.27. The van der Waals surface area contributed by atoms with Gasteiger partial charge in [0.1, 0.15) is 0 Å². The summed E-state index contributed by atoms with van der Waals surface area (Å²) < 4.78 is 42.8. The quantitative estimate of drug-likeness (QED) is 0.606. The Labute approximate surface area is 151 Å². The summed E-state index contributed by atoms with van der Waals surface area (Å²) in [5.41, 5.74) is 2.25. The Hall–Kier alpha value is -2.54. The molecule has 0 fully saturated rings. The molecule has 0 radical (unpaired) electrons. The van der Waals surface area contributed by atoms with Gasteiger partial charge in [0, 0.05) is 27.2 Å². The maximum Gasteiger partial charge on any atom is 0.416 e. The van der Waals surface area contributed by atoms with Gasteiger partial charge in [-0.05, 0) is 28.8 Å². The molecule has 0 aliphatic heterocycles. The van der Waals surface area contributed by atoms with Crippen molar-refractivity contribution in [3.8, 4) is 0 Å². The molecular formula is C19H22F3N3O. The maximum atomic E-state index is 12.6. The van der Waals surface area contributed by atoms with Crippen molar-refractivity contribution in [2.45, 2.75) is 25.9 Å². The lowest BCUT2D eigenvalue weighted by Gasteiger charge is -2.13. The lowest BCUT2D eigenvalue weighted by atomic mass is 10.1. The van der Waals surface area contributed by atoms with Gasteiger partial charge >= 0.3 is 6.18 Å². The minimum atomic E-state index is -4.32. The zero-order chi connectivity index (χ0) is 19.0. The van der Waals surface area contributed by atoms with Gasteiger partial charge in [0.25, 0.3) is 0 Å². The summed E-state index contributed by atoms with van der Waals surface area (Å²) in [4.78, 5) is 4.12. The number of ether oxygens (including phenoxy) is 1. The van der Waals surface area contributed by atoms with Crippen molar-refractivity contribution >= 4 is 5.96 Å². The molecule has 0 aliphatic carbocycles. The highest BCUT2D eigenvalue weighted by Gasteiger charge is 2.29.